The Morgan fingerprint density at radius 1 is 1.43 bits per heavy atom. The molecule has 1 aliphatic carbocycles. The van der Waals surface area contributed by atoms with E-state index in [-0.39, 0.29) is 11.3 Å². The second-order valence-corrected chi connectivity index (χ2v) is 8.26. The number of aromatic nitrogens is 3. The molecule has 1 aromatic carbocycles. The molecular formula is C18H14ClIN4O4. The molecule has 28 heavy (non-hydrogen) atoms. The molecule has 2 aromatic heterocycles. The van der Waals surface area contributed by atoms with Crippen LogP contribution in [0.15, 0.2) is 30.6 Å². The Labute approximate surface area is 177 Å². The van der Waals surface area contributed by atoms with Gasteiger partial charge in [-0.1, -0.05) is 18.0 Å². The Morgan fingerprint density at radius 3 is 2.79 bits per heavy atom. The highest BCUT2D eigenvalue weighted by Gasteiger charge is 2.44. The van der Waals surface area contributed by atoms with E-state index >= 15 is 0 Å². The van der Waals surface area contributed by atoms with E-state index in [1.165, 1.54) is 18.2 Å². The third-order valence-electron chi connectivity index (χ3n) is 5.30. The van der Waals surface area contributed by atoms with Crippen LogP contribution in [0.3, 0.4) is 0 Å². The summed E-state index contributed by atoms with van der Waals surface area (Å²) in [7, 11) is 0. The van der Waals surface area contributed by atoms with Gasteiger partial charge in [-0.25, -0.2) is 14.8 Å². The summed E-state index contributed by atoms with van der Waals surface area (Å²) in [6.07, 6.45) is 6.29. The van der Waals surface area contributed by atoms with Crippen molar-refractivity contribution >= 4 is 51.4 Å². The first-order valence-corrected chi connectivity index (χ1v) is 9.97. The Balaban J connectivity index is 1.85. The van der Waals surface area contributed by atoms with Gasteiger partial charge in [-0.05, 0) is 54.0 Å². The van der Waals surface area contributed by atoms with Crippen LogP contribution in [0.1, 0.15) is 41.0 Å². The van der Waals surface area contributed by atoms with Crippen LogP contribution in [0.2, 0.25) is 5.15 Å². The Morgan fingerprint density at radius 2 is 2.18 bits per heavy atom. The van der Waals surface area contributed by atoms with Gasteiger partial charge in [-0.15, -0.1) is 0 Å². The molecule has 0 unspecified atom stereocenters. The number of fused-ring (bicyclic) bond motifs is 1. The minimum atomic E-state index is -1.11. The van der Waals surface area contributed by atoms with E-state index in [2.05, 4.69) is 27.6 Å². The zero-order valence-electron chi connectivity index (χ0n) is 14.4. The molecule has 0 bridgehead atoms. The first-order valence-electron chi connectivity index (χ1n) is 8.51. The van der Waals surface area contributed by atoms with Crippen molar-refractivity contribution in [2.75, 3.05) is 0 Å². The number of carboxylic acid groups (broad SMARTS) is 1. The molecule has 0 amide bonds. The van der Waals surface area contributed by atoms with Gasteiger partial charge in [0.2, 0.25) is 0 Å². The first-order chi connectivity index (χ1) is 13.3. The maximum absolute atomic E-state index is 11.5. The summed E-state index contributed by atoms with van der Waals surface area (Å²) in [5, 5.41) is 21.1. The highest BCUT2D eigenvalue weighted by Crippen LogP contribution is 2.47. The molecule has 1 saturated carbocycles. The Bertz CT molecular complexity index is 1130. The van der Waals surface area contributed by atoms with Gasteiger partial charge < -0.3 is 5.11 Å². The molecular weight excluding hydrogens is 499 g/mol. The van der Waals surface area contributed by atoms with Crippen LogP contribution in [-0.4, -0.2) is 30.4 Å². The van der Waals surface area contributed by atoms with Crippen molar-refractivity contribution in [3.05, 3.63) is 66.5 Å². The van der Waals surface area contributed by atoms with E-state index in [0.717, 1.165) is 25.1 Å². The molecule has 3 aromatic rings. The fraction of sp³-hybridized carbons (Fsp3) is 0.278. The van der Waals surface area contributed by atoms with Crippen LogP contribution in [0.25, 0.3) is 5.52 Å². The number of carbonyl (C=O) groups is 1. The van der Waals surface area contributed by atoms with E-state index in [9.17, 15) is 20.0 Å². The molecule has 8 nitrogen and oxygen atoms in total. The second-order valence-electron chi connectivity index (χ2n) is 6.88. The highest BCUT2D eigenvalue weighted by atomic mass is 127. The van der Waals surface area contributed by atoms with Crippen molar-refractivity contribution in [3.63, 3.8) is 0 Å². The maximum atomic E-state index is 11.5. The molecule has 4 rings (SSSR count). The molecule has 2 heterocycles. The van der Waals surface area contributed by atoms with Crippen LogP contribution in [0.4, 0.5) is 5.69 Å². The number of nitrogens with zero attached hydrogens (tertiary/aromatic N) is 4. The fourth-order valence-electron chi connectivity index (χ4n) is 3.82. The molecule has 10 heteroatoms. The molecule has 0 saturated heterocycles. The summed E-state index contributed by atoms with van der Waals surface area (Å²) in [4.78, 5) is 31.2. The van der Waals surface area contributed by atoms with E-state index in [4.69, 9.17) is 16.6 Å². The summed E-state index contributed by atoms with van der Waals surface area (Å²) >= 11 is 8.34. The van der Waals surface area contributed by atoms with Crippen LogP contribution < -0.4 is 0 Å². The number of nitro benzene ring substituents is 1. The highest BCUT2D eigenvalue weighted by molar-refractivity contribution is 14.1. The number of carboxylic acids is 1. The lowest BCUT2D eigenvalue weighted by Gasteiger charge is -2.40. The number of rotatable bonds is 5. The van der Waals surface area contributed by atoms with Gasteiger partial charge in [0.15, 0.2) is 5.15 Å². The molecule has 0 atom stereocenters. The molecule has 0 radical (unpaired) electrons. The van der Waals surface area contributed by atoms with E-state index < -0.39 is 16.3 Å². The van der Waals surface area contributed by atoms with E-state index in [0.29, 0.717) is 26.4 Å². The zero-order valence-corrected chi connectivity index (χ0v) is 17.3. The van der Waals surface area contributed by atoms with Gasteiger partial charge in [-0.2, -0.15) is 0 Å². The number of imidazole rings is 1. The lowest BCUT2D eigenvalue weighted by molar-refractivity contribution is -0.385. The Hall–Kier alpha value is -2.27. The molecule has 144 valence electrons. The van der Waals surface area contributed by atoms with Crippen LogP contribution >= 0.6 is 34.2 Å². The number of hydrogen-bond donors (Lipinski definition) is 1. The van der Waals surface area contributed by atoms with Crippen molar-refractivity contribution in [1.82, 2.24) is 14.4 Å². The topological polar surface area (TPSA) is 111 Å². The fourth-order valence-corrected chi connectivity index (χ4v) is 4.96. The zero-order chi connectivity index (χ0) is 20.1. The molecule has 1 aliphatic rings. The van der Waals surface area contributed by atoms with Crippen LogP contribution in [0.5, 0.6) is 0 Å². The second kappa shape index (κ2) is 6.96. The van der Waals surface area contributed by atoms with Gasteiger partial charge in [0.1, 0.15) is 15.0 Å². The summed E-state index contributed by atoms with van der Waals surface area (Å²) in [6, 6.07) is 3.92. The third-order valence-corrected chi connectivity index (χ3v) is 6.33. The monoisotopic (exact) mass is 512 g/mol. The third kappa shape index (κ3) is 3.02. The molecule has 0 aliphatic heterocycles. The van der Waals surface area contributed by atoms with Crippen LogP contribution in [0, 0.1) is 13.8 Å². The largest absolute Gasteiger partial charge is 0.478 e. The average molecular weight is 513 g/mol. The average Bonchev–Trinajstić information content (AvgIpc) is 2.96. The summed E-state index contributed by atoms with van der Waals surface area (Å²) in [5.74, 6) is -0.338. The summed E-state index contributed by atoms with van der Waals surface area (Å²) < 4.78 is 2.61. The predicted molar refractivity (Wildman–Crippen MR) is 110 cm³/mol. The smallest absolute Gasteiger partial charge is 0.335 e. The van der Waals surface area contributed by atoms with Crippen molar-refractivity contribution in [3.8, 4) is 0 Å². The quantitative estimate of drug-likeness (QED) is 0.311. The number of aromatic carboxylic acids is 1. The summed E-state index contributed by atoms with van der Waals surface area (Å²) in [6.45, 7) is 0. The SMILES string of the molecule is O=C(O)c1ccc([N+](=O)[O-])c(CC2(c3nc(I)c4c(Cl)nccn34)CCC2)c1. The van der Waals surface area contributed by atoms with Crippen LogP contribution in [-0.2, 0) is 11.8 Å². The lowest BCUT2D eigenvalue weighted by Crippen LogP contribution is -2.38. The predicted octanol–water partition coefficient (Wildman–Crippen LogP) is 4.26. The molecule has 1 fully saturated rings. The first kappa shape index (κ1) is 19.1. The van der Waals surface area contributed by atoms with Crippen molar-refractivity contribution < 1.29 is 14.8 Å². The van der Waals surface area contributed by atoms with Crippen molar-refractivity contribution in [2.24, 2.45) is 0 Å². The van der Waals surface area contributed by atoms with E-state index in [1.807, 2.05) is 4.40 Å². The molecule has 0 spiro atoms. The standard InChI is InChI=1S/C18H14ClIN4O4/c19-14-13-15(20)22-17(23(13)7-6-21-14)18(4-1-5-18)9-11-8-10(16(25)26)2-3-12(11)24(27)28/h2-3,6-8H,1,4-5,9H2,(H,25,26). The number of nitro groups is 1. The number of halogens is 2. The minimum absolute atomic E-state index is 0.0323. The van der Waals surface area contributed by atoms with Gasteiger partial charge in [0.25, 0.3) is 5.69 Å². The van der Waals surface area contributed by atoms with Gasteiger partial charge in [-0.3, -0.25) is 14.5 Å². The summed E-state index contributed by atoms with van der Waals surface area (Å²) in [5.41, 5.74) is 0.645. The maximum Gasteiger partial charge on any atom is 0.335 e. The van der Waals surface area contributed by atoms with Crippen molar-refractivity contribution in [1.29, 1.82) is 0 Å². The van der Waals surface area contributed by atoms with E-state index in [1.54, 1.807) is 12.4 Å². The normalized spacial score (nSPS) is 15.4. The van der Waals surface area contributed by atoms with Gasteiger partial charge in [0, 0.05) is 29.4 Å². The minimum Gasteiger partial charge on any atom is -0.478 e. The number of hydrogen-bond acceptors (Lipinski definition) is 5. The van der Waals surface area contributed by atoms with Gasteiger partial charge in [0.05, 0.1) is 10.5 Å². The molecule has 1 N–H and O–H groups in total. The van der Waals surface area contributed by atoms with Gasteiger partial charge >= 0.3 is 5.97 Å². The Kier molecular flexibility index (Phi) is 4.74. The van der Waals surface area contributed by atoms with Crippen molar-refractivity contribution in [2.45, 2.75) is 31.1 Å². The number of benzene rings is 1. The lowest BCUT2D eigenvalue weighted by atomic mass is 9.64.